The Kier molecular flexibility index (Phi) is 2.59. The predicted octanol–water partition coefficient (Wildman–Crippen LogP) is 3.46. The SMILES string of the molecule is C=C(N)C12CCCC(C1)C2.CC1CC1. The van der Waals surface area contributed by atoms with Crippen LogP contribution in [0.25, 0.3) is 0 Å². The molecule has 0 aliphatic heterocycles. The predicted molar refractivity (Wildman–Crippen MR) is 60.7 cm³/mol. The third-order valence-electron chi connectivity index (χ3n) is 4.17. The van der Waals surface area contributed by atoms with Crippen molar-refractivity contribution in [3.05, 3.63) is 12.3 Å². The van der Waals surface area contributed by atoms with Crippen LogP contribution in [0.3, 0.4) is 0 Å². The van der Waals surface area contributed by atoms with E-state index in [1.54, 1.807) is 0 Å². The maximum absolute atomic E-state index is 5.74. The van der Waals surface area contributed by atoms with Gasteiger partial charge in [0.05, 0.1) is 0 Å². The second-order valence-electron chi connectivity index (χ2n) is 5.65. The van der Waals surface area contributed by atoms with Crippen LogP contribution in [0.4, 0.5) is 0 Å². The summed E-state index contributed by atoms with van der Waals surface area (Å²) in [5.41, 5.74) is 7.10. The zero-order valence-electron chi connectivity index (χ0n) is 9.39. The summed E-state index contributed by atoms with van der Waals surface area (Å²) in [4.78, 5) is 0. The Bertz CT molecular complexity index is 216. The fourth-order valence-corrected chi connectivity index (χ4v) is 2.77. The third-order valence-corrected chi connectivity index (χ3v) is 4.17. The zero-order chi connectivity index (χ0) is 10.2. The van der Waals surface area contributed by atoms with E-state index in [1.807, 2.05) is 0 Å². The van der Waals surface area contributed by atoms with Gasteiger partial charge in [0.2, 0.25) is 0 Å². The van der Waals surface area contributed by atoms with Gasteiger partial charge in [0.1, 0.15) is 0 Å². The average molecular weight is 193 g/mol. The van der Waals surface area contributed by atoms with Gasteiger partial charge in [-0.05, 0) is 31.1 Å². The van der Waals surface area contributed by atoms with E-state index in [2.05, 4.69) is 13.5 Å². The Hall–Kier alpha value is -0.460. The molecule has 4 fully saturated rings. The van der Waals surface area contributed by atoms with Gasteiger partial charge in [0.25, 0.3) is 0 Å². The van der Waals surface area contributed by atoms with Gasteiger partial charge >= 0.3 is 0 Å². The standard InChI is InChI=1S/C9H15N.C4H8/c1-7(10)9-4-2-3-8(5-9)6-9;1-4-2-3-4/h8H,1-6,10H2;4H,2-3H2,1H3. The average Bonchev–Trinajstić information content (AvgIpc) is 2.88. The summed E-state index contributed by atoms with van der Waals surface area (Å²) in [7, 11) is 0. The lowest BCUT2D eigenvalue weighted by Crippen LogP contribution is -2.44. The van der Waals surface area contributed by atoms with E-state index in [-0.39, 0.29) is 0 Å². The van der Waals surface area contributed by atoms with Crippen molar-refractivity contribution in [2.24, 2.45) is 23.0 Å². The maximum Gasteiger partial charge on any atom is 0.00979 e. The van der Waals surface area contributed by atoms with Gasteiger partial charge in [0.15, 0.2) is 0 Å². The van der Waals surface area contributed by atoms with Crippen molar-refractivity contribution in [1.29, 1.82) is 0 Å². The number of rotatable bonds is 1. The van der Waals surface area contributed by atoms with E-state index in [0.717, 1.165) is 17.5 Å². The summed E-state index contributed by atoms with van der Waals surface area (Å²) in [6, 6.07) is 0. The largest absolute Gasteiger partial charge is 0.402 e. The van der Waals surface area contributed by atoms with Crippen LogP contribution in [0.15, 0.2) is 12.3 Å². The minimum absolute atomic E-state index is 0.406. The monoisotopic (exact) mass is 193 g/mol. The van der Waals surface area contributed by atoms with Gasteiger partial charge in [-0.1, -0.05) is 39.2 Å². The van der Waals surface area contributed by atoms with Gasteiger partial charge in [-0.3, -0.25) is 0 Å². The second-order valence-corrected chi connectivity index (χ2v) is 5.65. The Labute approximate surface area is 87.8 Å². The Balaban J connectivity index is 0.000000157. The summed E-state index contributed by atoms with van der Waals surface area (Å²) in [6.45, 7) is 6.14. The molecule has 80 valence electrons. The molecule has 1 nitrogen and oxygen atoms in total. The quantitative estimate of drug-likeness (QED) is 0.678. The van der Waals surface area contributed by atoms with Crippen molar-refractivity contribution in [1.82, 2.24) is 0 Å². The lowest BCUT2D eigenvalue weighted by Gasteiger charge is -2.52. The third kappa shape index (κ3) is 1.97. The van der Waals surface area contributed by atoms with E-state index < -0.39 is 0 Å². The second kappa shape index (κ2) is 3.60. The topological polar surface area (TPSA) is 26.0 Å². The fourth-order valence-electron chi connectivity index (χ4n) is 2.77. The lowest BCUT2D eigenvalue weighted by atomic mass is 9.53. The van der Waals surface area contributed by atoms with Crippen molar-refractivity contribution in [2.75, 3.05) is 0 Å². The Morgan fingerprint density at radius 1 is 1.29 bits per heavy atom. The summed E-state index contributed by atoms with van der Waals surface area (Å²) in [6.07, 6.45) is 9.76. The summed E-state index contributed by atoms with van der Waals surface area (Å²) in [5, 5.41) is 0. The molecule has 0 aromatic carbocycles. The molecule has 4 aliphatic rings. The molecule has 14 heavy (non-hydrogen) atoms. The van der Waals surface area contributed by atoms with Crippen LogP contribution >= 0.6 is 0 Å². The minimum atomic E-state index is 0.406. The molecule has 2 bridgehead atoms. The Morgan fingerprint density at radius 3 is 2.07 bits per heavy atom. The summed E-state index contributed by atoms with van der Waals surface area (Å²) < 4.78 is 0. The van der Waals surface area contributed by atoms with E-state index in [0.29, 0.717) is 5.41 Å². The van der Waals surface area contributed by atoms with Gasteiger partial charge in [0, 0.05) is 11.1 Å². The summed E-state index contributed by atoms with van der Waals surface area (Å²) in [5.74, 6) is 2.08. The molecule has 0 radical (unpaired) electrons. The van der Waals surface area contributed by atoms with Crippen molar-refractivity contribution >= 4 is 0 Å². The first-order chi connectivity index (χ1) is 6.62. The minimum Gasteiger partial charge on any atom is -0.402 e. The number of fused-ring (bicyclic) bond motifs is 2. The van der Waals surface area contributed by atoms with Crippen molar-refractivity contribution in [2.45, 2.75) is 51.9 Å². The van der Waals surface area contributed by atoms with Crippen LogP contribution in [0, 0.1) is 17.3 Å². The highest BCUT2D eigenvalue weighted by Crippen LogP contribution is 2.57. The number of nitrogens with two attached hydrogens (primary N) is 1. The first kappa shape index (κ1) is 10.1. The first-order valence-corrected chi connectivity index (χ1v) is 6.07. The highest BCUT2D eigenvalue weighted by molar-refractivity contribution is 5.15. The van der Waals surface area contributed by atoms with Gasteiger partial charge < -0.3 is 5.73 Å². The van der Waals surface area contributed by atoms with Crippen LogP contribution in [-0.2, 0) is 0 Å². The molecule has 4 saturated carbocycles. The zero-order valence-corrected chi connectivity index (χ0v) is 9.39. The fraction of sp³-hybridized carbons (Fsp3) is 0.846. The van der Waals surface area contributed by atoms with Crippen LogP contribution in [0.5, 0.6) is 0 Å². The highest BCUT2D eigenvalue weighted by atomic mass is 14.7. The van der Waals surface area contributed by atoms with Crippen molar-refractivity contribution in [3.8, 4) is 0 Å². The highest BCUT2D eigenvalue weighted by Gasteiger charge is 2.47. The van der Waals surface area contributed by atoms with Gasteiger partial charge in [-0.25, -0.2) is 0 Å². The van der Waals surface area contributed by atoms with E-state index in [4.69, 9.17) is 5.73 Å². The molecule has 0 heterocycles. The molecule has 0 atom stereocenters. The van der Waals surface area contributed by atoms with Crippen LogP contribution in [0.1, 0.15) is 51.9 Å². The molecule has 0 amide bonds. The lowest BCUT2D eigenvalue weighted by molar-refractivity contribution is 0.0294. The molecule has 1 heteroatoms. The summed E-state index contributed by atoms with van der Waals surface area (Å²) >= 11 is 0. The molecule has 0 unspecified atom stereocenters. The van der Waals surface area contributed by atoms with Crippen LogP contribution in [-0.4, -0.2) is 0 Å². The number of allylic oxidation sites excluding steroid dienone is 1. The molecule has 0 aromatic rings. The van der Waals surface area contributed by atoms with Crippen LogP contribution in [0.2, 0.25) is 0 Å². The van der Waals surface area contributed by atoms with Gasteiger partial charge in [-0.15, -0.1) is 0 Å². The maximum atomic E-state index is 5.74. The van der Waals surface area contributed by atoms with E-state index >= 15 is 0 Å². The Morgan fingerprint density at radius 2 is 1.86 bits per heavy atom. The number of hydrogen-bond acceptors (Lipinski definition) is 1. The molecule has 0 spiro atoms. The first-order valence-electron chi connectivity index (χ1n) is 6.07. The van der Waals surface area contributed by atoms with Gasteiger partial charge in [-0.2, -0.15) is 0 Å². The molecular formula is C13H23N. The van der Waals surface area contributed by atoms with Crippen molar-refractivity contribution < 1.29 is 0 Å². The number of hydrogen-bond donors (Lipinski definition) is 1. The molecule has 4 aliphatic carbocycles. The molecule has 0 aromatic heterocycles. The van der Waals surface area contributed by atoms with E-state index in [9.17, 15) is 0 Å². The van der Waals surface area contributed by atoms with Crippen LogP contribution < -0.4 is 5.73 Å². The molecule has 2 N–H and O–H groups in total. The molecular weight excluding hydrogens is 170 g/mol. The molecule has 0 saturated heterocycles. The normalized spacial score (nSPS) is 39.1. The molecule has 4 rings (SSSR count). The smallest absolute Gasteiger partial charge is 0.00979 e. The van der Waals surface area contributed by atoms with E-state index in [1.165, 1.54) is 44.9 Å². The van der Waals surface area contributed by atoms with Crippen molar-refractivity contribution in [3.63, 3.8) is 0 Å².